The molecule has 34 heavy (non-hydrogen) atoms. The zero-order chi connectivity index (χ0) is 25.5. The minimum absolute atomic E-state index is 0.359. The Kier molecular flexibility index (Phi) is 6.09. The van der Waals surface area contributed by atoms with Crippen molar-refractivity contribution in [1.29, 1.82) is 0 Å². The summed E-state index contributed by atoms with van der Waals surface area (Å²) in [5.41, 5.74) is -8.56. The molecule has 12 heteroatoms. The standard InChI is InChI=1S/C22H10F4O8/c23-9-3-1-7(5-11(9)25)13-15(19(27)28)17(21(31)32)14(8-2-4-10(24)12(26)6-8)18(22(33)34)16(13)20(29)30/h1-6H,(H,27,28)(H,29,30)(H,31,32)(H,33,34). The van der Waals surface area contributed by atoms with Crippen molar-refractivity contribution in [2.24, 2.45) is 0 Å². The molecule has 3 aromatic rings. The van der Waals surface area contributed by atoms with Gasteiger partial charge in [-0.15, -0.1) is 0 Å². The van der Waals surface area contributed by atoms with Crippen LogP contribution >= 0.6 is 0 Å². The minimum atomic E-state index is -2.07. The summed E-state index contributed by atoms with van der Waals surface area (Å²) in [4.78, 5) is 48.5. The van der Waals surface area contributed by atoms with Gasteiger partial charge in [-0.25, -0.2) is 36.7 Å². The van der Waals surface area contributed by atoms with Crippen LogP contribution < -0.4 is 0 Å². The van der Waals surface area contributed by atoms with E-state index in [1.165, 1.54) is 0 Å². The van der Waals surface area contributed by atoms with Gasteiger partial charge in [0.2, 0.25) is 0 Å². The molecule has 0 amide bonds. The lowest BCUT2D eigenvalue weighted by molar-refractivity contribution is 0.0639. The van der Waals surface area contributed by atoms with Crippen LogP contribution in [0.3, 0.4) is 0 Å². The number of hydrogen-bond acceptors (Lipinski definition) is 4. The first-order valence-electron chi connectivity index (χ1n) is 8.94. The van der Waals surface area contributed by atoms with E-state index in [1.807, 2.05) is 0 Å². The quantitative estimate of drug-likeness (QED) is 0.382. The Morgan fingerprint density at radius 3 is 0.941 bits per heavy atom. The third-order valence-electron chi connectivity index (χ3n) is 4.77. The molecule has 0 aliphatic heterocycles. The van der Waals surface area contributed by atoms with E-state index in [1.54, 1.807) is 0 Å². The highest BCUT2D eigenvalue weighted by atomic mass is 19.2. The molecule has 0 heterocycles. The number of aromatic carboxylic acids is 4. The van der Waals surface area contributed by atoms with E-state index < -0.39 is 91.7 Å². The van der Waals surface area contributed by atoms with Crippen LogP contribution in [0.4, 0.5) is 17.6 Å². The normalized spacial score (nSPS) is 10.7. The summed E-state index contributed by atoms with van der Waals surface area (Å²) in [6.07, 6.45) is 0. The minimum Gasteiger partial charge on any atom is -0.478 e. The predicted octanol–water partition coefficient (Wildman–Crippen LogP) is 4.37. The SMILES string of the molecule is O=C(O)c1c(C(=O)O)c(-c2ccc(F)c(F)c2)c(C(=O)O)c(C(=O)O)c1-c1ccc(F)c(F)c1. The van der Waals surface area contributed by atoms with Gasteiger partial charge in [-0.05, 0) is 35.4 Å². The largest absolute Gasteiger partial charge is 0.478 e. The molecule has 0 unspecified atom stereocenters. The molecular formula is C22H10F4O8. The van der Waals surface area contributed by atoms with Crippen LogP contribution in [0.5, 0.6) is 0 Å². The first-order chi connectivity index (χ1) is 15.9. The molecule has 3 rings (SSSR count). The summed E-state index contributed by atoms with van der Waals surface area (Å²) >= 11 is 0. The van der Waals surface area contributed by atoms with E-state index in [0.717, 1.165) is 12.1 Å². The molecule has 0 radical (unpaired) electrons. The maximum atomic E-state index is 13.9. The summed E-state index contributed by atoms with van der Waals surface area (Å²) in [5.74, 6) is -14.2. The van der Waals surface area contributed by atoms with Gasteiger partial charge in [0.15, 0.2) is 23.3 Å². The number of carbonyl (C=O) groups is 4. The second-order valence-corrected chi connectivity index (χ2v) is 6.73. The maximum absolute atomic E-state index is 13.9. The van der Waals surface area contributed by atoms with E-state index in [9.17, 15) is 57.2 Å². The Labute approximate surface area is 185 Å². The van der Waals surface area contributed by atoms with Crippen LogP contribution in [-0.4, -0.2) is 44.3 Å². The molecule has 0 fully saturated rings. The lowest BCUT2D eigenvalue weighted by atomic mass is 9.81. The lowest BCUT2D eigenvalue weighted by Gasteiger charge is -2.21. The zero-order valence-electron chi connectivity index (χ0n) is 16.4. The van der Waals surface area contributed by atoms with Crippen LogP contribution in [0, 0.1) is 23.3 Å². The summed E-state index contributed by atoms with van der Waals surface area (Å²) in [6, 6.07) is 3.15. The third-order valence-corrected chi connectivity index (χ3v) is 4.77. The van der Waals surface area contributed by atoms with Gasteiger partial charge in [0.1, 0.15) is 0 Å². The summed E-state index contributed by atoms with van der Waals surface area (Å²) < 4.78 is 54.7. The highest BCUT2D eigenvalue weighted by molar-refractivity contribution is 6.21. The Hall–Kier alpha value is -4.74. The Bertz CT molecular complexity index is 1250. The highest BCUT2D eigenvalue weighted by Crippen LogP contribution is 2.41. The van der Waals surface area contributed by atoms with Gasteiger partial charge in [-0.3, -0.25) is 0 Å². The smallest absolute Gasteiger partial charge is 0.337 e. The van der Waals surface area contributed by atoms with Gasteiger partial charge in [0.25, 0.3) is 0 Å². The summed E-state index contributed by atoms with van der Waals surface area (Å²) in [5, 5.41) is 39.1. The average molecular weight is 478 g/mol. The molecule has 174 valence electrons. The number of halogens is 4. The fraction of sp³-hybridized carbons (Fsp3) is 0. The van der Waals surface area contributed by atoms with Gasteiger partial charge in [-0.2, -0.15) is 0 Å². The predicted molar refractivity (Wildman–Crippen MR) is 105 cm³/mol. The summed E-state index contributed by atoms with van der Waals surface area (Å²) in [7, 11) is 0. The molecule has 0 atom stereocenters. The van der Waals surface area contributed by atoms with Gasteiger partial charge in [0, 0.05) is 11.1 Å². The number of hydrogen-bond donors (Lipinski definition) is 4. The van der Waals surface area contributed by atoms with Crippen LogP contribution in [0.25, 0.3) is 22.3 Å². The molecule has 0 aromatic heterocycles. The van der Waals surface area contributed by atoms with Crippen LogP contribution in [-0.2, 0) is 0 Å². The Morgan fingerprint density at radius 1 is 0.471 bits per heavy atom. The molecule has 0 spiro atoms. The lowest BCUT2D eigenvalue weighted by Crippen LogP contribution is -2.21. The summed E-state index contributed by atoms with van der Waals surface area (Å²) in [6.45, 7) is 0. The van der Waals surface area contributed by atoms with Crippen molar-refractivity contribution in [2.75, 3.05) is 0 Å². The van der Waals surface area contributed by atoms with E-state index in [-0.39, 0.29) is 0 Å². The second-order valence-electron chi connectivity index (χ2n) is 6.73. The molecule has 8 nitrogen and oxygen atoms in total. The van der Waals surface area contributed by atoms with Crippen molar-refractivity contribution >= 4 is 23.9 Å². The van der Waals surface area contributed by atoms with Crippen LogP contribution in [0.2, 0.25) is 0 Å². The molecule has 3 aromatic carbocycles. The third kappa shape index (κ3) is 3.92. The van der Waals surface area contributed by atoms with Crippen molar-refractivity contribution < 1.29 is 57.2 Å². The number of benzene rings is 3. The monoisotopic (exact) mass is 478 g/mol. The van der Waals surface area contributed by atoms with Gasteiger partial charge < -0.3 is 20.4 Å². The molecule has 0 saturated carbocycles. The molecule has 0 saturated heterocycles. The van der Waals surface area contributed by atoms with Crippen molar-refractivity contribution in [1.82, 2.24) is 0 Å². The van der Waals surface area contributed by atoms with Crippen molar-refractivity contribution in [3.63, 3.8) is 0 Å². The van der Waals surface area contributed by atoms with Gasteiger partial charge >= 0.3 is 23.9 Å². The molecular weight excluding hydrogens is 468 g/mol. The van der Waals surface area contributed by atoms with Crippen LogP contribution in [0.1, 0.15) is 41.4 Å². The Balaban J connectivity index is 2.72. The topological polar surface area (TPSA) is 149 Å². The zero-order valence-corrected chi connectivity index (χ0v) is 16.4. The van der Waals surface area contributed by atoms with E-state index in [2.05, 4.69) is 0 Å². The average Bonchev–Trinajstić information content (AvgIpc) is 2.75. The highest BCUT2D eigenvalue weighted by Gasteiger charge is 2.37. The number of rotatable bonds is 6. The first-order valence-corrected chi connectivity index (χ1v) is 8.94. The van der Waals surface area contributed by atoms with E-state index in [4.69, 9.17) is 0 Å². The van der Waals surface area contributed by atoms with Crippen LogP contribution in [0.15, 0.2) is 36.4 Å². The number of carboxylic acid groups (broad SMARTS) is 4. The molecule has 0 aliphatic rings. The molecule has 4 N–H and O–H groups in total. The van der Waals surface area contributed by atoms with Gasteiger partial charge in [-0.1, -0.05) is 12.1 Å². The molecule has 0 bridgehead atoms. The fourth-order valence-electron chi connectivity index (χ4n) is 3.49. The fourth-order valence-corrected chi connectivity index (χ4v) is 3.49. The van der Waals surface area contributed by atoms with Crippen molar-refractivity contribution in [2.45, 2.75) is 0 Å². The van der Waals surface area contributed by atoms with E-state index >= 15 is 0 Å². The first kappa shape index (κ1) is 23.9. The van der Waals surface area contributed by atoms with Gasteiger partial charge in [0.05, 0.1) is 22.3 Å². The molecule has 0 aliphatic carbocycles. The van der Waals surface area contributed by atoms with Crippen molar-refractivity contribution in [3.05, 3.63) is 81.9 Å². The Morgan fingerprint density at radius 2 is 0.735 bits per heavy atom. The maximum Gasteiger partial charge on any atom is 0.337 e. The van der Waals surface area contributed by atoms with E-state index in [0.29, 0.717) is 24.3 Å². The second kappa shape index (κ2) is 8.65. The number of carboxylic acids is 4. The van der Waals surface area contributed by atoms with Crippen molar-refractivity contribution in [3.8, 4) is 22.3 Å².